The maximum atomic E-state index is 12.5. The first kappa shape index (κ1) is 14.0. The summed E-state index contributed by atoms with van der Waals surface area (Å²) in [6.07, 6.45) is 2.66. The lowest BCUT2D eigenvalue weighted by Gasteiger charge is -2.29. The van der Waals surface area contributed by atoms with Gasteiger partial charge in [0.2, 0.25) is 5.91 Å². The van der Waals surface area contributed by atoms with Crippen LogP contribution in [0.15, 0.2) is 30.3 Å². The van der Waals surface area contributed by atoms with Crippen molar-refractivity contribution < 1.29 is 9.90 Å². The monoisotopic (exact) mass is 262 g/mol. The number of hydrogen-bond acceptors (Lipinski definition) is 3. The van der Waals surface area contributed by atoms with Crippen molar-refractivity contribution in [3.05, 3.63) is 35.9 Å². The van der Waals surface area contributed by atoms with Crippen LogP contribution in [0.5, 0.6) is 0 Å². The van der Waals surface area contributed by atoms with Crippen molar-refractivity contribution in [1.82, 2.24) is 10.6 Å². The third-order valence-electron chi connectivity index (χ3n) is 3.97. The molecule has 1 aromatic rings. The molecule has 1 saturated heterocycles. The molecule has 0 aliphatic carbocycles. The van der Waals surface area contributed by atoms with Crippen LogP contribution in [0.2, 0.25) is 0 Å². The molecular formula is C15H22N2O2. The van der Waals surface area contributed by atoms with Gasteiger partial charge in [-0.3, -0.25) is 4.79 Å². The highest BCUT2D eigenvalue weighted by molar-refractivity contribution is 5.87. The highest BCUT2D eigenvalue weighted by Gasteiger charge is 2.39. The summed E-state index contributed by atoms with van der Waals surface area (Å²) < 4.78 is 0. The van der Waals surface area contributed by atoms with Crippen molar-refractivity contribution in [1.29, 1.82) is 0 Å². The SMILES string of the molecule is CCC1(C(=O)NC(CO)c2ccccc2)CCCN1. The Kier molecular flexibility index (Phi) is 4.56. The number of amides is 1. The normalized spacial score (nSPS) is 24.1. The molecule has 3 N–H and O–H groups in total. The summed E-state index contributed by atoms with van der Waals surface area (Å²) in [6, 6.07) is 9.25. The van der Waals surface area contributed by atoms with Crippen LogP contribution < -0.4 is 10.6 Å². The van der Waals surface area contributed by atoms with E-state index in [1.54, 1.807) is 0 Å². The molecular weight excluding hydrogens is 240 g/mol. The number of aliphatic hydroxyl groups excluding tert-OH is 1. The summed E-state index contributed by atoms with van der Waals surface area (Å²) in [5.41, 5.74) is 0.477. The van der Waals surface area contributed by atoms with E-state index in [4.69, 9.17) is 0 Å². The van der Waals surface area contributed by atoms with Gasteiger partial charge in [0.1, 0.15) is 0 Å². The highest BCUT2D eigenvalue weighted by atomic mass is 16.3. The Bertz CT molecular complexity index is 413. The zero-order valence-electron chi connectivity index (χ0n) is 11.4. The molecule has 0 aromatic heterocycles. The largest absolute Gasteiger partial charge is 0.394 e. The summed E-state index contributed by atoms with van der Waals surface area (Å²) in [6.45, 7) is 2.82. The van der Waals surface area contributed by atoms with Crippen LogP contribution in [0, 0.1) is 0 Å². The van der Waals surface area contributed by atoms with E-state index in [2.05, 4.69) is 10.6 Å². The Labute approximate surface area is 114 Å². The minimum Gasteiger partial charge on any atom is -0.394 e. The van der Waals surface area contributed by atoms with Gasteiger partial charge in [-0.2, -0.15) is 0 Å². The van der Waals surface area contributed by atoms with E-state index in [1.165, 1.54) is 0 Å². The van der Waals surface area contributed by atoms with Gasteiger partial charge in [-0.15, -0.1) is 0 Å². The topological polar surface area (TPSA) is 61.4 Å². The van der Waals surface area contributed by atoms with Gasteiger partial charge in [0.25, 0.3) is 0 Å². The van der Waals surface area contributed by atoms with Gasteiger partial charge in [-0.25, -0.2) is 0 Å². The van der Waals surface area contributed by atoms with Crippen molar-refractivity contribution in [2.45, 2.75) is 37.8 Å². The van der Waals surface area contributed by atoms with E-state index < -0.39 is 5.54 Å². The molecule has 1 heterocycles. The summed E-state index contributed by atoms with van der Waals surface area (Å²) in [4.78, 5) is 12.5. The Morgan fingerprint density at radius 1 is 1.47 bits per heavy atom. The van der Waals surface area contributed by atoms with Gasteiger partial charge in [0.15, 0.2) is 0 Å². The Hall–Kier alpha value is -1.39. The fraction of sp³-hybridized carbons (Fsp3) is 0.533. The molecule has 2 atom stereocenters. The van der Waals surface area contributed by atoms with Crippen LogP contribution in [0.25, 0.3) is 0 Å². The average Bonchev–Trinajstić information content (AvgIpc) is 2.95. The van der Waals surface area contributed by atoms with E-state index in [1.807, 2.05) is 37.3 Å². The summed E-state index contributed by atoms with van der Waals surface area (Å²) >= 11 is 0. The van der Waals surface area contributed by atoms with Crippen molar-refractivity contribution in [2.24, 2.45) is 0 Å². The van der Waals surface area contributed by atoms with Crippen molar-refractivity contribution in [3.8, 4) is 0 Å². The van der Waals surface area contributed by atoms with Gasteiger partial charge < -0.3 is 15.7 Å². The predicted octanol–water partition coefficient (Wildman–Crippen LogP) is 1.37. The molecule has 1 aromatic carbocycles. The standard InChI is InChI=1S/C15H22N2O2/c1-2-15(9-6-10-16-15)14(19)17-13(11-18)12-7-4-3-5-8-12/h3-5,7-8,13,16,18H,2,6,9-11H2,1H3,(H,17,19). The molecule has 1 fully saturated rings. The first-order chi connectivity index (χ1) is 9.22. The van der Waals surface area contributed by atoms with Gasteiger partial charge in [0.05, 0.1) is 18.2 Å². The lowest BCUT2D eigenvalue weighted by atomic mass is 9.92. The third kappa shape index (κ3) is 2.96. The zero-order valence-corrected chi connectivity index (χ0v) is 11.4. The van der Waals surface area contributed by atoms with E-state index in [9.17, 15) is 9.90 Å². The molecule has 19 heavy (non-hydrogen) atoms. The van der Waals surface area contributed by atoms with E-state index >= 15 is 0 Å². The fourth-order valence-electron chi connectivity index (χ4n) is 2.68. The van der Waals surface area contributed by atoms with E-state index in [0.29, 0.717) is 0 Å². The second-order valence-electron chi connectivity index (χ2n) is 5.09. The molecule has 1 amide bonds. The molecule has 4 heteroatoms. The van der Waals surface area contributed by atoms with E-state index in [-0.39, 0.29) is 18.6 Å². The van der Waals surface area contributed by atoms with Crippen LogP contribution in [0.3, 0.4) is 0 Å². The van der Waals surface area contributed by atoms with Gasteiger partial charge in [-0.05, 0) is 31.4 Å². The van der Waals surface area contributed by atoms with Crippen LogP contribution in [-0.4, -0.2) is 29.7 Å². The van der Waals surface area contributed by atoms with Crippen molar-refractivity contribution >= 4 is 5.91 Å². The average molecular weight is 262 g/mol. The lowest BCUT2D eigenvalue weighted by molar-refractivity contribution is -0.128. The minimum absolute atomic E-state index is 0.00426. The van der Waals surface area contributed by atoms with Crippen LogP contribution in [0.1, 0.15) is 37.8 Å². The smallest absolute Gasteiger partial charge is 0.240 e. The second kappa shape index (κ2) is 6.17. The van der Waals surface area contributed by atoms with Gasteiger partial charge in [0, 0.05) is 0 Å². The van der Waals surface area contributed by atoms with Crippen LogP contribution in [0.4, 0.5) is 0 Å². The molecule has 1 aliphatic rings. The minimum atomic E-state index is -0.456. The van der Waals surface area contributed by atoms with E-state index in [0.717, 1.165) is 31.4 Å². The van der Waals surface area contributed by atoms with Crippen molar-refractivity contribution in [3.63, 3.8) is 0 Å². The molecule has 0 saturated carbocycles. The fourth-order valence-corrected chi connectivity index (χ4v) is 2.68. The Morgan fingerprint density at radius 2 is 2.21 bits per heavy atom. The number of nitrogens with one attached hydrogen (secondary N) is 2. The second-order valence-corrected chi connectivity index (χ2v) is 5.09. The number of carbonyl (C=O) groups is 1. The predicted molar refractivity (Wildman–Crippen MR) is 74.7 cm³/mol. The number of rotatable bonds is 5. The maximum absolute atomic E-state index is 12.5. The van der Waals surface area contributed by atoms with Crippen LogP contribution >= 0.6 is 0 Å². The van der Waals surface area contributed by atoms with Gasteiger partial charge in [-0.1, -0.05) is 37.3 Å². The molecule has 0 spiro atoms. The number of carbonyl (C=O) groups excluding carboxylic acids is 1. The third-order valence-corrected chi connectivity index (χ3v) is 3.97. The molecule has 0 radical (unpaired) electrons. The first-order valence-electron chi connectivity index (χ1n) is 6.93. The zero-order chi connectivity index (χ0) is 13.7. The lowest BCUT2D eigenvalue weighted by Crippen LogP contribution is -2.54. The van der Waals surface area contributed by atoms with Gasteiger partial charge >= 0.3 is 0 Å². The number of benzene rings is 1. The molecule has 1 aliphatic heterocycles. The summed E-state index contributed by atoms with van der Waals surface area (Å²) in [7, 11) is 0. The molecule has 104 valence electrons. The summed E-state index contributed by atoms with van der Waals surface area (Å²) in [5, 5.41) is 15.8. The first-order valence-corrected chi connectivity index (χ1v) is 6.93. The number of aliphatic hydroxyl groups is 1. The highest BCUT2D eigenvalue weighted by Crippen LogP contribution is 2.24. The van der Waals surface area contributed by atoms with Crippen molar-refractivity contribution in [2.75, 3.05) is 13.2 Å². The Morgan fingerprint density at radius 3 is 2.74 bits per heavy atom. The maximum Gasteiger partial charge on any atom is 0.240 e. The molecule has 2 rings (SSSR count). The molecule has 0 bridgehead atoms. The Balaban J connectivity index is 2.08. The quantitative estimate of drug-likeness (QED) is 0.751. The molecule has 4 nitrogen and oxygen atoms in total. The summed E-state index contributed by atoms with van der Waals surface area (Å²) in [5.74, 6) is -0.00426. The number of hydrogen-bond donors (Lipinski definition) is 3. The molecule has 2 unspecified atom stereocenters. The van der Waals surface area contributed by atoms with Crippen LogP contribution in [-0.2, 0) is 4.79 Å².